The van der Waals surface area contributed by atoms with Gasteiger partial charge in [0.1, 0.15) is 11.4 Å². The minimum absolute atomic E-state index is 0.251. The van der Waals surface area contributed by atoms with Gasteiger partial charge in [0.05, 0.1) is 0 Å². The quantitative estimate of drug-likeness (QED) is 0.902. The number of anilines is 1. The lowest BCUT2D eigenvalue weighted by Gasteiger charge is -2.10. The molecule has 2 N–H and O–H groups in total. The van der Waals surface area contributed by atoms with Crippen molar-refractivity contribution in [2.24, 2.45) is 0 Å². The Balaban J connectivity index is 1.62. The van der Waals surface area contributed by atoms with Gasteiger partial charge in [-0.3, -0.25) is 4.79 Å². The maximum Gasteiger partial charge on any atom is 0.573 e. The second kappa shape index (κ2) is 5.75. The van der Waals surface area contributed by atoms with Gasteiger partial charge in [0.2, 0.25) is 5.95 Å². The van der Waals surface area contributed by atoms with Gasteiger partial charge < -0.3 is 15.4 Å². The summed E-state index contributed by atoms with van der Waals surface area (Å²) in [5.41, 5.74) is 1.78. The van der Waals surface area contributed by atoms with Gasteiger partial charge in [-0.15, -0.1) is 13.2 Å². The summed E-state index contributed by atoms with van der Waals surface area (Å²) in [7, 11) is 0. The van der Waals surface area contributed by atoms with Crippen molar-refractivity contribution in [1.29, 1.82) is 0 Å². The van der Waals surface area contributed by atoms with Gasteiger partial charge in [0, 0.05) is 24.8 Å². The maximum atomic E-state index is 12.1. The smallest absolute Gasteiger partial charge is 0.406 e. The lowest BCUT2D eigenvalue weighted by molar-refractivity contribution is -0.274. The fraction of sp³-hybridized carbons (Fsp3) is 0.214. The van der Waals surface area contributed by atoms with Crippen LogP contribution in [-0.2, 0) is 13.1 Å². The Bertz CT molecular complexity index is 732. The van der Waals surface area contributed by atoms with Crippen LogP contribution in [0.25, 0.3) is 0 Å². The number of ether oxygens (including phenoxy) is 1. The highest BCUT2D eigenvalue weighted by atomic mass is 19.4. The van der Waals surface area contributed by atoms with Crippen molar-refractivity contribution >= 4 is 11.9 Å². The molecule has 0 saturated heterocycles. The summed E-state index contributed by atoms with van der Waals surface area (Å²) in [6.45, 7) is 0.710. The van der Waals surface area contributed by atoms with Gasteiger partial charge >= 0.3 is 6.36 Å². The standard InChI is InChI=1S/C14H11F3N4O2/c15-14(16,17)23-10-3-1-8(2-4-10)5-19-13-20-7-9-6-18-12(22)11(9)21-13/h1-4,7H,5-6H2,(H,18,22)(H,19,20,21). The van der Waals surface area contributed by atoms with Crippen LogP contribution in [0.3, 0.4) is 0 Å². The van der Waals surface area contributed by atoms with E-state index in [-0.39, 0.29) is 17.6 Å². The number of rotatable bonds is 4. The first-order chi connectivity index (χ1) is 10.9. The second-order valence-corrected chi connectivity index (χ2v) is 4.80. The number of aromatic nitrogens is 2. The highest BCUT2D eigenvalue weighted by Gasteiger charge is 2.30. The molecule has 2 aromatic rings. The van der Waals surface area contributed by atoms with Crippen molar-refractivity contribution in [3.8, 4) is 5.75 Å². The molecule has 1 amide bonds. The summed E-state index contributed by atoms with van der Waals surface area (Å²) >= 11 is 0. The molecule has 2 heterocycles. The molecule has 120 valence electrons. The molecule has 0 fully saturated rings. The molecule has 0 spiro atoms. The second-order valence-electron chi connectivity index (χ2n) is 4.80. The van der Waals surface area contributed by atoms with Gasteiger partial charge in [0.25, 0.3) is 5.91 Å². The lowest BCUT2D eigenvalue weighted by atomic mass is 10.2. The number of carbonyl (C=O) groups is 1. The number of hydrogen-bond acceptors (Lipinski definition) is 5. The molecule has 1 aliphatic rings. The third kappa shape index (κ3) is 3.68. The number of amides is 1. The Kier molecular flexibility index (Phi) is 3.77. The van der Waals surface area contributed by atoms with E-state index in [1.165, 1.54) is 24.3 Å². The summed E-state index contributed by atoms with van der Waals surface area (Å²) in [6.07, 6.45) is -3.15. The molecule has 0 unspecified atom stereocenters. The van der Waals surface area contributed by atoms with Crippen molar-refractivity contribution in [2.75, 3.05) is 5.32 Å². The highest BCUT2D eigenvalue weighted by Crippen LogP contribution is 2.23. The molecular formula is C14H11F3N4O2. The predicted octanol–water partition coefficient (Wildman–Crippen LogP) is 2.23. The Hall–Kier alpha value is -2.84. The van der Waals surface area contributed by atoms with Gasteiger partial charge in [0.15, 0.2) is 0 Å². The SMILES string of the molecule is O=C1NCc2cnc(NCc3ccc(OC(F)(F)F)cc3)nc21. The number of benzene rings is 1. The molecule has 1 aliphatic heterocycles. The zero-order chi connectivity index (χ0) is 16.4. The molecule has 0 saturated carbocycles. The molecule has 23 heavy (non-hydrogen) atoms. The van der Waals surface area contributed by atoms with Crippen LogP contribution in [0.1, 0.15) is 21.6 Å². The van der Waals surface area contributed by atoms with E-state index >= 15 is 0 Å². The van der Waals surface area contributed by atoms with E-state index in [0.29, 0.717) is 24.3 Å². The number of alkyl halides is 3. The van der Waals surface area contributed by atoms with Gasteiger partial charge in [-0.1, -0.05) is 12.1 Å². The highest BCUT2D eigenvalue weighted by molar-refractivity contribution is 5.96. The molecule has 3 rings (SSSR count). The van der Waals surface area contributed by atoms with E-state index in [1.807, 2.05) is 0 Å². The first kappa shape index (κ1) is 15.1. The summed E-state index contributed by atoms with van der Waals surface area (Å²) in [5, 5.41) is 5.55. The molecule has 9 heteroatoms. The number of hydrogen-bond donors (Lipinski definition) is 2. The zero-order valence-electron chi connectivity index (χ0n) is 11.6. The van der Waals surface area contributed by atoms with Gasteiger partial charge in [-0.25, -0.2) is 9.97 Å². The van der Waals surface area contributed by atoms with Crippen LogP contribution in [0.15, 0.2) is 30.5 Å². The average Bonchev–Trinajstić information content (AvgIpc) is 2.86. The van der Waals surface area contributed by atoms with Crippen LogP contribution < -0.4 is 15.4 Å². The van der Waals surface area contributed by atoms with E-state index < -0.39 is 6.36 Å². The van der Waals surface area contributed by atoms with E-state index in [4.69, 9.17) is 0 Å². The van der Waals surface area contributed by atoms with Crippen LogP contribution in [0.5, 0.6) is 5.75 Å². The average molecular weight is 324 g/mol. The fourth-order valence-corrected chi connectivity index (χ4v) is 2.07. The molecule has 0 radical (unpaired) electrons. The molecular weight excluding hydrogens is 313 g/mol. The van der Waals surface area contributed by atoms with Crippen LogP contribution in [0.2, 0.25) is 0 Å². The number of carbonyl (C=O) groups excluding carboxylic acids is 1. The summed E-state index contributed by atoms with van der Waals surface area (Å²) < 4.78 is 40.0. The molecule has 0 aliphatic carbocycles. The predicted molar refractivity (Wildman–Crippen MR) is 73.7 cm³/mol. The molecule has 0 atom stereocenters. The summed E-state index contributed by atoms with van der Waals surface area (Å²) in [4.78, 5) is 19.7. The Morgan fingerprint density at radius 1 is 1.26 bits per heavy atom. The van der Waals surface area contributed by atoms with E-state index in [1.54, 1.807) is 6.20 Å². The first-order valence-electron chi connectivity index (χ1n) is 6.63. The maximum absolute atomic E-state index is 12.1. The van der Waals surface area contributed by atoms with Crippen LogP contribution in [0.4, 0.5) is 19.1 Å². The monoisotopic (exact) mass is 324 g/mol. The molecule has 0 bridgehead atoms. The Morgan fingerprint density at radius 3 is 2.70 bits per heavy atom. The van der Waals surface area contributed by atoms with Crippen molar-refractivity contribution in [3.05, 3.63) is 47.3 Å². The topological polar surface area (TPSA) is 76.1 Å². The molecule has 1 aromatic heterocycles. The normalized spacial score (nSPS) is 13.4. The van der Waals surface area contributed by atoms with Crippen molar-refractivity contribution < 1.29 is 22.7 Å². The molecule has 1 aromatic carbocycles. The van der Waals surface area contributed by atoms with Crippen LogP contribution in [0, 0.1) is 0 Å². The zero-order valence-corrected chi connectivity index (χ0v) is 11.6. The third-order valence-corrected chi connectivity index (χ3v) is 3.13. The van der Waals surface area contributed by atoms with Gasteiger partial charge in [-0.2, -0.15) is 0 Å². The van der Waals surface area contributed by atoms with E-state index in [2.05, 4.69) is 25.3 Å². The largest absolute Gasteiger partial charge is 0.573 e. The van der Waals surface area contributed by atoms with Crippen LogP contribution in [-0.4, -0.2) is 22.2 Å². The van der Waals surface area contributed by atoms with E-state index in [0.717, 1.165) is 5.56 Å². The number of fused-ring (bicyclic) bond motifs is 1. The fourth-order valence-electron chi connectivity index (χ4n) is 2.07. The summed E-state index contributed by atoms with van der Waals surface area (Å²) in [5.74, 6) is -0.262. The minimum Gasteiger partial charge on any atom is -0.406 e. The molecule has 6 nitrogen and oxygen atoms in total. The van der Waals surface area contributed by atoms with Crippen molar-refractivity contribution in [2.45, 2.75) is 19.5 Å². The number of nitrogens with one attached hydrogen (secondary N) is 2. The first-order valence-corrected chi connectivity index (χ1v) is 6.63. The third-order valence-electron chi connectivity index (χ3n) is 3.13. The van der Waals surface area contributed by atoms with E-state index in [9.17, 15) is 18.0 Å². The number of nitrogens with zero attached hydrogens (tertiary/aromatic N) is 2. The van der Waals surface area contributed by atoms with Gasteiger partial charge in [-0.05, 0) is 17.7 Å². The van der Waals surface area contributed by atoms with Crippen LogP contribution >= 0.6 is 0 Å². The number of halogens is 3. The summed E-state index contributed by atoms with van der Waals surface area (Å²) in [6, 6.07) is 5.44. The van der Waals surface area contributed by atoms with Crippen molar-refractivity contribution in [3.63, 3.8) is 0 Å². The Labute approximate surface area is 128 Å². The lowest BCUT2D eigenvalue weighted by Crippen LogP contribution is -2.17. The van der Waals surface area contributed by atoms with Crippen molar-refractivity contribution in [1.82, 2.24) is 15.3 Å². The minimum atomic E-state index is -4.71. The Morgan fingerprint density at radius 2 is 2.00 bits per heavy atom.